The Morgan fingerprint density at radius 2 is 1.47 bits per heavy atom. The number of ketones is 1. The van der Waals surface area contributed by atoms with Gasteiger partial charge in [-0.15, -0.1) is 0 Å². The number of halogens is 7. The number of alkyl halides is 6. The van der Waals surface area contributed by atoms with E-state index in [1.807, 2.05) is 4.94 Å². The zero-order chi connectivity index (χ0) is 12.4. The highest BCUT2D eigenvalue weighted by Gasteiger charge is 2.70. The van der Waals surface area contributed by atoms with Crippen molar-refractivity contribution in [3.63, 3.8) is 0 Å². The average Bonchev–Trinajstić information content (AvgIpc) is 2.11. The first-order chi connectivity index (χ1) is 6.59. The van der Waals surface area contributed by atoms with E-state index in [0.717, 1.165) is 0 Å². The summed E-state index contributed by atoms with van der Waals surface area (Å²) >= 11 is 0. The summed E-state index contributed by atoms with van der Waals surface area (Å²) in [6, 6.07) is 0. The molecule has 1 unspecified atom stereocenters. The summed E-state index contributed by atoms with van der Waals surface area (Å²) in [5.41, 5.74) is -5.77. The molecular formula is C5HF7O3. The first-order valence-electron chi connectivity index (χ1n) is 3.00. The minimum Gasteiger partial charge on any atom is -0.282 e. The topological polar surface area (TPSA) is 43.4 Å². The zero-order valence-corrected chi connectivity index (χ0v) is 6.45. The van der Waals surface area contributed by atoms with E-state index in [2.05, 4.69) is 0 Å². The first kappa shape index (κ1) is 13.7. The van der Waals surface area contributed by atoms with Gasteiger partial charge in [-0.05, 0) is 0 Å². The predicted molar refractivity (Wildman–Crippen MR) is 28.1 cm³/mol. The van der Waals surface area contributed by atoms with Crippen molar-refractivity contribution in [3.05, 3.63) is 0 Å². The van der Waals surface area contributed by atoms with Gasteiger partial charge < -0.3 is 0 Å². The van der Waals surface area contributed by atoms with Crippen LogP contribution in [0.1, 0.15) is 0 Å². The predicted octanol–water partition coefficient (Wildman–Crippen LogP) is 1.52. The fraction of sp³-hybridized carbons (Fsp3) is 0.600. The molecule has 0 aliphatic carbocycles. The van der Waals surface area contributed by atoms with Gasteiger partial charge in [-0.1, -0.05) is 0 Å². The van der Waals surface area contributed by atoms with Crippen LogP contribution in [0.5, 0.6) is 0 Å². The molecule has 10 heteroatoms. The molecule has 0 saturated heterocycles. The minimum absolute atomic E-state index is 1.94. The zero-order valence-electron chi connectivity index (χ0n) is 6.45. The van der Waals surface area contributed by atoms with Gasteiger partial charge in [-0.25, -0.2) is 22.9 Å². The highest BCUT2D eigenvalue weighted by molar-refractivity contribution is 6.37. The summed E-state index contributed by atoms with van der Waals surface area (Å²) in [7, 11) is 0. The van der Waals surface area contributed by atoms with Gasteiger partial charge in [0.2, 0.25) is 0 Å². The second-order valence-electron chi connectivity index (χ2n) is 2.20. The van der Waals surface area contributed by atoms with Crippen LogP contribution in [0.3, 0.4) is 0 Å². The molecule has 0 radical (unpaired) electrons. The van der Waals surface area contributed by atoms with Crippen LogP contribution in [0.4, 0.5) is 30.9 Å². The standard InChI is InChI=1S/C5HF7O3/c6-3(7)4(8,5(9,10)11)1(13)2(14)15-12/h3H. The van der Waals surface area contributed by atoms with Crippen molar-refractivity contribution in [2.45, 2.75) is 18.3 Å². The molecule has 0 aromatic heterocycles. The summed E-state index contributed by atoms with van der Waals surface area (Å²) in [6.07, 6.45) is -11.2. The third-order valence-electron chi connectivity index (χ3n) is 1.30. The number of hydrogen-bond acceptors (Lipinski definition) is 3. The second kappa shape index (κ2) is 4.03. The van der Waals surface area contributed by atoms with E-state index in [0.29, 0.717) is 0 Å². The maximum Gasteiger partial charge on any atom is 0.436 e. The van der Waals surface area contributed by atoms with E-state index in [1.54, 1.807) is 0 Å². The van der Waals surface area contributed by atoms with E-state index >= 15 is 0 Å². The van der Waals surface area contributed by atoms with Crippen molar-refractivity contribution in [2.24, 2.45) is 0 Å². The number of carbonyl (C=O) groups excluding carboxylic acids is 2. The van der Waals surface area contributed by atoms with Gasteiger partial charge >= 0.3 is 17.8 Å². The molecule has 88 valence electrons. The Kier molecular flexibility index (Phi) is 3.66. The molecule has 15 heavy (non-hydrogen) atoms. The van der Waals surface area contributed by atoms with Gasteiger partial charge in [0.1, 0.15) is 0 Å². The summed E-state index contributed by atoms with van der Waals surface area (Å²) in [5.74, 6) is -6.34. The van der Waals surface area contributed by atoms with Crippen LogP contribution in [0.2, 0.25) is 0 Å². The Labute approximate surface area is 76.7 Å². The molecule has 0 rings (SSSR count). The van der Waals surface area contributed by atoms with Crippen LogP contribution in [-0.2, 0) is 14.5 Å². The van der Waals surface area contributed by atoms with Gasteiger partial charge in [0.05, 0.1) is 0 Å². The van der Waals surface area contributed by atoms with Crippen molar-refractivity contribution >= 4 is 11.8 Å². The molecule has 1 atom stereocenters. The lowest BCUT2D eigenvalue weighted by atomic mass is 10.0. The van der Waals surface area contributed by atoms with Crippen LogP contribution < -0.4 is 0 Å². The number of Topliss-reactive ketones (excluding diaryl/α,β-unsaturated/α-hetero) is 1. The van der Waals surface area contributed by atoms with Crippen LogP contribution in [0, 0.1) is 0 Å². The van der Waals surface area contributed by atoms with E-state index in [9.17, 15) is 40.5 Å². The fourth-order valence-electron chi connectivity index (χ4n) is 0.535. The molecule has 0 amide bonds. The molecule has 0 saturated carbocycles. The molecule has 0 aromatic rings. The van der Waals surface area contributed by atoms with Crippen molar-refractivity contribution in [1.29, 1.82) is 0 Å². The molecule has 0 N–H and O–H groups in total. The summed E-state index contributed by atoms with van der Waals surface area (Å²) in [5, 5.41) is 0. The highest BCUT2D eigenvalue weighted by atomic mass is 19.4. The SMILES string of the molecule is O=C(OF)C(=O)C(F)(C(F)F)C(F)(F)F. The minimum atomic E-state index is -6.35. The second-order valence-corrected chi connectivity index (χ2v) is 2.20. The molecule has 0 spiro atoms. The molecule has 0 fully saturated rings. The molecule has 0 aliphatic rings. The van der Waals surface area contributed by atoms with Crippen LogP contribution in [-0.4, -0.2) is 30.0 Å². The Hall–Kier alpha value is -1.35. The quantitative estimate of drug-likeness (QED) is 0.556. The maximum atomic E-state index is 12.6. The first-order valence-corrected chi connectivity index (χ1v) is 3.00. The fourth-order valence-corrected chi connectivity index (χ4v) is 0.535. The van der Waals surface area contributed by atoms with Crippen LogP contribution in [0.25, 0.3) is 0 Å². The third kappa shape index (κ3) is 2.18. The molecule has 0 aliphatic heterocycles. The Morgan fingerprint density at radius 3 is 1.67 bits per heavy atom. The molecular weight excluding hydrogens is 241 g/mol. The Balaban J connectivity index is 5.33. The summed E-state index contributed by atoms with van der Waals surface area (Å²) < 4.78 is 82.0. The van der Waals surface area contributed by atoms with Gasteiger partial charge in [0.25, 0.3) is 12.2 Å². The lowest BCUT2D eigenvalue weighted by Gasteiger charge is -2.23. The molecule has 0 bridgehead atoms. The number of hydrogen-bond donors (Lipinski definition) is 0. The number of rotatable bonds is 3. The van der Waals surface area contributed by atoms with Gasteiger partial charge in [-0.3, -0.25) is 4.79 Å². The van der Waals surface area contributed by atoms with Crippen molar-refractivity contribution in [2.75, 3.05) is 0 Å². The van der Waals surface area contributed by atoms with Crippen molar-refractivity contribution in [1.82, 2.24) is 0 Å². The maximum absolute atomic E-state index is 12.6. The van der Waals surface area contributed by atoms with E-state index in [4.69, 9.17) is 0 Å². The average molecular weight is 242 g/mol. The largest absolute Gasteiger partial charge is 0.436 e. The normalized spacial score (nSPS) is 16.0. The lowest BCUT2D eigenvalue weighted by molar-refractivity contribution is -0.260. The summed E-state index contributed by atoms with van der Waals surface area (Å²) in [6.45, 7) is 0. The monoisotopic (exact) mass is 242 g/mol. The Morgan fingerprint density at radius 1 is 1.07 bits per heavy atom. The summed E-state index contributed by atoms with van der Waals surface area (Å²) in [4.78, 5) is 22.0. The van der Waals surface area contributed by atoms with Crippen molar-refractivity contribution in [3.8, 4) is 0 Å². The van der Waals surface area contributed by atoms with Crippen LogP contribution >= 0.6 is 0 Å². The van der Waals surface area contributed by atoms with Gasteiger partial charge in [0, 0.05) is 4.53 Å². The molecule has 3 nitrogen and oxygen atoms in total. The Bertz CT molecular complexity index is 272. The molecule has 0 aromatic carbocycles. The number of carbonyl (C=O) groups is 2. The molecule has 0 heterocycles. The van der Waals surface area contributed by atoms with Gasteiger partial charge in [-0.2, -0.15) is 13.2 Å². The lowest BCUT2D eigenvalue weighted by Crippen LogP contribution is -2.56. The smallest absolute Gasteiger partial charge is 0.282 e. The van der Waals surface area contributed by atoms with E-state index in [1.165, 1.54) is 0 Å². The highest BCUT2D eigenvalue weighted by Crippen LogP contribution is 2.39. The van der Waals surface area contributed by atoms with Crippen LogP contribution in [0.15, 0.2) is 0 Å². The third-order valence-corrected chi connectivity index (χ3v) is 1.30. The van der Waals surface area contributed by atoms with Gasteiger partial charge in [0.15, 0.2) is 0 Å². The van der Waals surface area contributed by atoms with Crippen molar-refractivity contribution < 1.29 is 45.4 Å². The van der Waals surface area contributed by atoms with E-state index in [-0.39, 0.29) is 0 Å². The van der Waals surface area contributed by atoms with E-state index < -0.39 is 30.0 Å².